The number of hydrogen-bond acceptors (Lipinski definition) is 0. The second-order valence-electron chi connectivity index (χ2n) is 3.60. The van der Waals surface area contributed by atoms with Gasteiger partial charge in [0.1, 0.15) is 0 Å². The molecule has 0 heterocycles. The summed E-state index contributed by atoms with van der Waals surface area (Å²) in [6, 6.07) is 11.0. The Morgan fingerprint density at radius 3 is 2.09 bits per heavy atom. The summed E-state index contributed by atoms with van der Waals surface area (Å²) in [6.45, 7) is 2.31. The van der Waals surface area contributed by atoms with Gasteiger partial charge in [0.05, 0.1) is 0 Å². The third-order valence-electron chi connectivity index (χ3n) is 2.44. The van der Waals surface area contributed by atoms with Crippen LogP contribution in [0.25, 0.3) is 0 Å². The molecular weight excluding hydrogens is 193 g/mol. The van der Waals surface area contributed by atoms with Crippen LogP contribution in [0.4, 0.5) is 0 Å². The third-order valence-corrected chi connectivity index (χ3v) is 10.1. The van der Waals surface area contributed by atoms with Crippen molar-refractivity contribution in [3.05, 3.63) is 30.3 Å². The molecule has 0 amide bonds. The fourth-order valence-electron chi connectivity index (χ4n) is 1.09. The van der Waals surface area contributed by atoms with Crippen molar-refractivity contribution in [2.75, 3.05) is 0 Å². The Hall–Kier alpha value is -0.237. The Balaban J connectivity index is 2.93. The van der Waals surface area contributed by atoms with Gasteiger partial charge in [-0.25, -0.2) is 0 Å². The van der Waals surface area contributed by atoms with E-state index < -0.39 is 13.3 Å². The van der Waals surface area contributed by atoms with E-state index in [2.05, 4.69) is 48.8 Å². The molecule has 0 saturated heterocycles. The molecule has 0 spiro atoms. The normalized spacial score (nSPS) is 11.5. The van der Waals surface area contributed by atoms with Crippen molar-refractivity contribution in [1.82, 2.24) is 0 Å². The first-order chi connectivity index (χ1) is 5.17. The van der Waals surface area contributed by atoms with Gasteiger partial charge in [-0.3, -0.25) is 0 Å². The van der Waals surface area contributed by atoms with Crippen LogP contribution in [-0.4, -0.2) is 13.3 Å². The Bertz CT molecular complexity index is 214. The molecule has 0 nitrogen and oxygen atoms in total. The van der Waals surface area contributed by atoms with Crippen LogP contribution in [0.15, 0.2) is 30.3 Å². The van der Waals surface area contributed by atoms with Gasteiger partial charge in [0, 0.05) is 0 Å². The number of benzene rings is 1. The van der Waals surface area contributed by atoms with Gasteiger partial charge in [-0.05, 0) is 0 Å². The molecule has 0 fully saturated rings. The zero-order valence-corrected chi connectivity index (χ0v) is 9.69. The average Bonchev–Trinajstić information content (AvgIpc) is 2.06. The van der Waals surface area contributed by atoms with E-state index in [1.54, 1.807) is 4.40 Å². The summed E-state index contributed by atoms with van der Waals surface area (Å²) in [4.78, 5) is 0. The molecule has 0 radical (unpaired) electrons. The fourth-order valence-corrected chi connectivity index (χ4v) is 4.25. The van der Waals surface area contributed by atoms with Crippen LogP contribution in [0.5, 0.6) is 0 Å². The molecular formula is C10H16Ge. The summed E-state index contributed by atoms with van der Waals surface area (Å²) >= 11 is -1.54. The van der Waals surface area contributed by atoms with Crippen LogP contribution in [0.3, 0.4) is 0 Å². The summed E-state index contributed by atoms with van der Waals surface area (Å²) in [5, 5.41) is 1.38. The van der Waals surface area contributed by atoms with Gasteiger partial charge < -0.3 is 0 Å². The van der Waals surface area contributed by atoms with E-state index in [0.717, 1.165) is 0 Å². The topological polar surface area (TPSA) is 0 Å². The number of rotatable bonds is 2. The Morgan fingerprint density at radius 1 is 1.09 bits per heavy atom. The maximum absolute atomic E-state index is 2.47. The van der Waals surface area contributed by atoms with Crippen molar-refractivity contribution >= 4 is 17.7 Å². The van der Waals surface area contributed by atoms with Crippen LogP contribution >= 0.6 is 0 Å². The van der Waals surface area contributed by atoms with E-state index in [1.165, 1.54) is 5.25 Å². The van der Waals surface area contributed by atoms with E-state index in [1.807, 2.05) is 0 Å². The van der Waals surface area contributed by atoms with E-state index in [4.69, 9.17) is 0 Å². The number of hydrogen-bond donors (Lipinski definition) is 0. The predicted octanol–water partition coefficient (Wildman–Crippen LogP) is 2.62. The minimum atomic E-state index is -1.54. The van der Waals surface area contributed by atoms with E-state index in [0.29, 0.717) is 0 Å². The Kier molecular flexibility index (Phi) is 2.77. The summed E-state index contributed by atoms with van der Waals surface area (Å²) in [7, 11) is 0. The van der Waals surface area contributed by atoms with Crippen molar-refractivity contribution in [2.45, 2.75) is 23.7 Å². The van der Waals surface area contributed by atoms with E-state index in [9.17, 15) is 0 Å². The van der Waals surface area contributed by atoms with Crippen LogP contribution in [0.2, 0.25) is 16.8 Å². The molecule has 0 N–H and O–H groups in total. The summed E-state index contributed by atoms with van der Waals surface area (Å²) in [5.41, 5.74) is 0. The van der Waals surface area contributed by atoms with Crippen LogP contribution in [-0.2, 0) is 0 Å². The standard InChI is InChI=1S/C10H16Ge/c1-4-11(2,3)10-8-6-5-7-9-10/h5-9H,4H2,1-3H3. The minimum absolute atomic E-state index is 1.38. The molecule has 1 aromatic rings. The van der Waals surface area contributed by atoms with Crippen molar-refractivity contribution in [2.24, 2.45) is 0 Å². The maximum atomic E-state index is 2.47. The summed E-state index contributed by atoms with van der Waals surface area (Å²) in [5.74, 6) is 4.94. The molecule has 0 aliphatic carbocycles. The molecule has 1 aromatic carbocycles. The monoisotopic (exact) mass is 210 g/mol. The molecule has 11 heavy (non-hydrogen) atoms. The first-order valence-electron chi connectivity index (χ1n) is 4.22. The second kappa shape index (κ2) is 3.44. The average molecular weight is 209 g/mol. The Labute approximate surface area is 72.0 Å². The third kappa shape index (κ3) is 2.09. The van der Waals surface area contributed by atoms with Gasteiger partial charge in [0.25, 0.3) is 0 Å². The van der Waals surface area contributed by atoms with Crippen molar-refractivity contribution < 1.29 is 0 Å². The molecule has 1 heteroatoms. The van der Waals surface area contributed by atoms with Gasteiger partial charge >= 0.3 is 71.7 Å². The summed E-state index contributed by atoms with van der Waals surface area (Å²) < 4.78 is 1.62. The van der Waals surface area contributed by atoms with Crippen molar-refractivity contribution in [3.63, 3.8) is 0 Å². The predicted molar refractivity (Wildman–Crippen MR) is 54.0 cm³/mol. The molecule has 1 rings (SSSR count). The second-order valence-corrected chi connectivity index (χ2v) is 14.2. The summed E-state index contributed by atoms with van der Waals surface area (Å²) in [6.07, 6.45) is 0. The molecule has 0 atom stereocenters. The molecule has 0 aromatic heterocycles. The molecule has 60 valence electrons. The quantitative estimate of drug-likeness (QED) is 0.656. The van der Waals surface area contributed by atoms with Crippen molar-refractivity contribution in [1.29, 1.82) is 0 Å². The van der Waals surface area contributed by atoms with Crippen LogP contribution in [0.1, 0.15) is 6.92 Å². The van der Waals surface area contributed by atoms with Crippen LogP contribution in [0, 0.1) is 0 Å². The zero-order chi connectivity index (χ0) is 8.32. The van der Waals surface area contributed by atoms with E-state index >= 15 is 0 Å². The first-order valence-corrected chi connectivity index (χ1v) is 11.0. The zero-order valence-electron chi connectivity index (χ0n) is 7.59. The molecule has 0 aliphatic rings. The van der Waals surface area contributed by atoms with Crippen molar-refractivity contribution in [3.8, 4) is 0 Å². The van der Waals surface area contributed by atoms with Gasteiger partial charge in [-0.1, -0.05) is 0 Å². The van der Waals surface area contributed by atoms with Gasteiger partial charge in [0.2, 0.25) is 0 Å². The molecule has 0 aliphatic heterocycles. The van der Waals surface area contributed by atoms with Crippen LogP contribution < -0.4 is 4.40 Å². The molecule has 0 unspecified atom stereocenters. The molecule has 0 saturated carbocycles. The van der Waals surface area contributed by atoms with E-state index in [-0.39, 0.29) is 0 Å². The van der Waals surface area contributed by atoms with Gasteiger partial charge in [0.15, 0.2) is 0 Å². The first kappa shape index (κ1) is 8.86. The SMILES string of the molecule is C[CH2][Ge]([CH3])([CH3])[c]1ccccc1. The Morgan fingerprint density at radius 2 is 1.64 bits per heavy atom. The fraction of sp³-hybridized carbons (Fsp3) is 0.400. The molecule has 0 bridgehead atoms. The van der Waals surface area contributed by atoms with Gasteiger partial charge in [-0.2, -0.15) is 0 Å². The van der Waals surface area contributed by atoms with Gasteiger partial charge in [-0.15, -0.1) is 0 Å².